The monoisotopic (exact) mass is 603 g/mol. The number of aryl methyl sites for hydroxylation is 1. The molecule has 3 aromatic carbocycles. The van der Waals surface area contributed by atoms with Crippen molar-refractivity contribution < 1.29 is 23.1 Å². The first-order chi connectivity index (χ1) is 17.7. The zero-order valence-electron chi connectivity index (χ0n) is 20.9. The molecule has 0 radical (unpaired) electrons. The van der Waals surface area contributed by atoms with Gasteiger partial charge in [-0.3, -0.25) is 4.79 Å². The van der Waals surface area contributed by atoms with E-state index in [1.807, 2.05) is 62.4 Å². The fourth-order valence-corrected chi connectivity index (χ4v) is 8.58. The van der Waals surface area contributed by atoms with Gasteiger partial charge in [-0.15, -0.1) is 11.8 Å². The first-order valence-electron chi connectivity index (χ1n) is 12.1. The number of benzene rings is 3. The number of carbonyl (C=O) groups is 1. The van der Waals surface area contributed by atoms with Crippen LogP contribution in [0.4, 0.5) is 0 Å². The lowest BCUT2D eigenvalue weighted by atomic mass is 9.92. The molecule has 0 bridgehead atoms. The van der Waals surface area contributed by atoms with E-state index in [2.05, 4.69) is 15.9 Å². The van der Waals surface area contributed by atoms with Crippen LogP contribution in [0.25, 0.3) is 0 Å². The Kier molecular flexibility index (Phi) is 8.68. The molecule has 4 rings (SSSR count). The van der Waals surface area contributed by atoms with Gasteiger partial charge in [0.15, 0.2) is 0 Å². The summed E-state index contributed by atoms with van der Waals surface area (Å²) >= 11 is 4.86. The van der Waals surface area contributed by atoms with Crippen molar-refractivity contribution in [3.63, 3.8) is 0 Å². The lowest BCUT2D eigenvalue weighted by Gasteiger charge is -2.31. The maximum Gasteiger partial charge on any atom is 0.309 e. The van der Waals surface area contributed by atoms with Crippen molar-refractivity contribution in [3.8, 4) is 5.75 Å². The number of aliphatic carboxylic acids is 1. The molecule has 3 aromatic rings. The topological polar surface area (TPSA) is 83.9 Å². The van der Waals surface area contributed by atoms with Gasteiger partial charge in [0.25, 0.3) is 0 Å². The number of halogens is 1. The number of sulfonamides is 1. The lowest BCUT2D eigenvalue weighted by molar-refractivity contribution is -0.142. The van der Waals surface area contributed by atoms with Gasteiger partial charge in [0.2, 0.25) is 10.0 Å². The van der Waals surface area contributed by atoms with Crippen LogP contribution in [0.15, 0.2) is 87.1 Å². The van der Waals surface area contributed by atoms with Crippen molar-refractivity contribution in [2.75, 3.05) is 7.11 Å². The minimum absolute atomic E-state index is 0.167. The van der Waals surface area contributed by atoms with Crippen LogP contribution in [0.2, 0.25) is 0 Å². The van der Waals surface area contributed by atoms with Gasteiger partial charge in [0.05, 0.1) is 24.0 Å². The highest BCUT2D eigenvalue weighted by molar-refractivity contribution is 9.10. The first-order valence-corrected chi connectivity index (χ1v) is 15.2. The quantitative estimate of drug-likeness (QED) is 0.299. The highest BCUT2D eigenvalue weighted by Gasteiger charge is 2.57. The molecule has 9 heteroatoms. The number of carboxylic acids is 1. The van der Waals surface area contributed by atoms with Crippen molar-refractivity contribution >= 4 is 43.7 Å². The largest absolute Gasteiger partial charge is 0.497 e. The number of methoxy groups -OCH3 is 1. The fourth-order valence-electron chi connectivity index (χ4n) is 4.93. The Hall–Kier alpha value is -2.33. The van der Waals surface area contributed by atoms with Crippen molar-refractivity contribution in [2.24, 2.45) is 5.92 Å². The van der Waals surface area contributed by atoms with E-state index in [0.717, 1.165) is 14.9 Å². The summed E-state index contributed by atoms with van der Waals surface area (Å²) in [4.78, 5) is 13.9. The maximum absolute atomic E-state index is 14.2. The van der Waals surface area contributed by atoms with Crippen LogP contribution in [0.1, 0.15) is 36.9 Å². The van der Waals surface area contributed by atoms with Crippen LogP contribution < -0.4 is 4.74 Å². The van der Waals surface area contributed by atoms with Crippen molar-refractivity contribution in [1.82, 2.24) is 4.31 Å². The van der Waals surface area contributed by atoms with Gasteiger partial charge in [0.1, 0.15) is 5.75 Å². The molecule has 0 unspecified atom stereocenters. The highest BCUT2D eigenvalue weighted by Crippen LogP contribution is 2.52. The van der Waals surface area contributed by atoms with E-state index in [9.17, 15) is 18.3 Å². The molecule has 0 saturated carbocycles. The van der Waals surface area contributed by atoms with Crippen molar-refractivity contribution in [2.45, 2.75) is 53.8 Å². The minimum atomic E-state index is -4.01. The van der Waals surface area contributed by atoms with E-state index >= 15 is 0 Å². The van der Waals surface area contributed by atoms with Crippen LogP contribution in [-0.4, -0.2) is 42.2 Å². The van der Waals surface area contributed by atoms with E-state index in [1.165, 1.54) is 16.1 Å². The summed E-state index contributed by atoms with van der Waals surface area (Å²) in [6.07, 6.45) is 1.25. The molecule has 0 amide bonds. The second-order valence-corrected chi connectivity index (χ2v) is 13.1. The minimum Gasteiger partial charge on any atom is -0.497 e. The lowest BCUT2D eigenvalue weighted by Crippen LogP contribution is -2.40. The summed E-state index contributed by atoms with van der Waals surface area (Å²) in [5, 5.41) is 10.0. The third-order valence-corrected chi connectivity index (χ3v) is 10.6. The van der Waals surface area contributed by atoms with Crippen molar-refractivity contribution in [3.05, 3.63) is 88.4 Å². The highest BCUT2D eigenvalue weighted by atomic mass is 79.9. The molecule has 0 spiro atoms. The first kappa shape index (κ1) is 27.7. The summed E-state index contributed by atoms with van der Waals surface area (Å²) in [6, 6.07) is 20.1. The molecule has 0 aromatic heterocycles. The molecule has 1 fully saturated rings. The summed E-state index contributed by atoms with van der Waals surface area (Å²) < 4.78 is 36.0. The molecule has 6 nitrogen and oxygen atoms in total. The number of carboxylic acid groups (broad SMARTS) is 1. The van der Waals surface area contributed by atoms with Gasteiger partial charge < -0.3 is 9.84 Å². The number of thioether (sulfide) groups is 1. The van der Waals surface area contributed by atoms with Crippen LogP contribution in [0.3, 0.4) is 0 Å². The molecule has 4 atom stereocenters. The number of rotatable bonds is 9. The molecule has 1 aliphatic heterocycles. The Morgan fingerprint density at radius 2 is 1.65 bits per heavy atom. The third kappa shape index (κ3) is 5.74. The van der Waals surface area contributed by atoms with Crippen LogP contribution in [-0.2, 0) is 14.8 Å². The predicted molar refractivity (Wildman–Crippen MR) is 150 cm³/mol. The van der Waals surface area contributed by atoms with E-state index in [0.29, 0.717) is 24.2 Å². The Morgan fingerprint density at radius 1 is 1.03 bits per heavy atom. The van der Waals surface area contributed by atoms with Gasteiger partial charge in [-0.25, -0.2) is 8.42 Å². The molecule has 1 N–H and O–H groups in total. The zero-order valence-corrected chi connectivity index (χ0v) is 24.1. The summed E-state index contributed by atoms with van der Waals surface area (Å²) in [5.74, 6) is -1.27. The molecular weight excluding hydrogens is 574 g/mol. The van der Waals surface area contributed by atoms with Gasteiger partial charge in [-0.2, -0.15) is 4.31 Å². The summed E-state index contributed by atoms with van der Waals surface area (Å²) in [6.45, 7) is 3.90. The molecular formula is C28H30BrNO5S2. The number of hydrogen-bond acceptors (Lipinski definition) is 5. The average Bonchev–Trinajstić information content (AvgIpc) is 3.20. The van der Waals surface area contributed by atoms with E-state index in [1.54, 1.807) is 31.4 Å². The maximum atomic E-state index is 14.2. The SMILES string of the molecule is CCC[C@@H]1[C@@H](Sc2ccc(OC)cc2)[C@@H](C(=O)O)[C@H](c2ccc(Br)cc2)N1S(=O)(=O)c1ccc(C)cc1. The molecule has 1 heterocycles. The Bertz CT molecular complexity index is 1330. The smallest absolute Gasteiger partial charge is 0.309 e. The van der Waals surface area contributed by atoms with Crippen LogP contribution in [0.5, 0.6) is 5.75 Å². The van der Waals surface area contributed by atoms with Gasteiger partial charge >= 0.3 is 5.97 Å². The van der Waals surface area contributed by atoms with Gasteiger partial charge in [0, 0.05) is 20.7 Å². The standard InChI is InChI=1S/C28H30BrNO5S2/c1-4-5-24-27(36-22-14-12-21(35-3)13-15-22)25(28(31)32)26(19-8-10-20(29)11-9-19)30(24)37(33,34)23-16-6-18(2)7-17-23/h6-17,24-27H,4-5H2,1-3H3,(H,31,32)/t24-,25+,26+,27-/m1/s1. The Labute approximate surface area is 231 Å². The zero-order chi connectivity index (χ0) is 26.7. The molecule has 1 saturated heterocycles. The Balaban J connectivity index is 1.89. The van der Waals surface area contributed by atoms with Crippen molar-refractivity contribution in [1.29, 1.82) is 0 Å². The summed E-state index contributed by atoms with van der Waals surface area (Å²) in [5.41, 5.74) is 1.61. The number of nitrogens with zero attached hydrogens (tertiary/aromatic N) is 1. The van der Waals surface area contributed by atoms with E-state index in [4.69, 9.17) is 4.74 Å². The molecule has 37 heavy (non-hydrogen) atoms. The second-order valence-electron chi connectivity index (χ2n) is 9.12. The predicted octanol–water partition coefficient (Wildman–Crippen LogP) is 6.54. The number of hydrogen-bond donors (Lipinski definition) is 1. The fraction of sp³-hybridized carbons (Fsp3) is 0.321. The van der Waals surface area contributed by atoms with Crippen LogP contribution >= 0.6 is 27.7 Å². The Morgan fingerprint density at radius 3 is 2.19 bits per heavy atom. The van der Waals surface area contributed by atoms with Gasteiger partial charge in [-0.05, 0) is 67.4 Å². The van der Waals surface area contributed by atoms with Crippen LogP contribution in [0, 0.1) is 12.8 Å². The van der Waals surface area contributed by atoms with E-state index < -0.39 is 39.2 Å². The summed E-state index contributed by atoms with van der Waals surface area (Å²) in [7, 11) is -2.42. The number of ether oxygens (including phenoxy) is 1. The third-order valence-electron chi connectivity index (χ3n) is 6.68. The second kappa shape index (κ2) is 11.6. The molecule has 196 valence electrons. The molecule has 0 aliphatic carbocycles. The van der Waals surface area contributed by atoms with E-state index in [-0.39, 0.29) is 4.90 Å². The normalized spacial score (nSPS) is 22.2. The average molecular weight is 605 g/mol. The van der Waals surface area contributed by atoms with Gasteiger partial charge in [-0.1, -0.05) is 59.1 Å². The molecule has 1 aliphatic rings.